The van der Waals surface area contributed by atoms with Gasteiger partial charge in [0.05, 0.1) is 34.5 Å². The number of fused-ring (bicyclic) bond motifs is 4. The van der Waals surface area contributed by atoms with Gasteiger partial charge in [-0.2, -0.15) is 0 Å². The summed E-state index contributed by atoms with van der Waals surface area (Å²) in [4.78, 5) is 21.8. The average Bonchev–Trinajstić information content (AvgIpc) is 3.63. The molecule has 1 saturated heterocycles. The van der Waals surface area contributed by atoms with E-state index in [-0.39, 0.29) is 11.9 Å². The summed E-state index contributed by atoms with van der Waals surface area (Å²) >= 11 is 0. The molecule has 9 heteroatoms. The molecule has 0 saturated carbocycles. The minimum absolute atomic E-state index is 0.102. The molecule has 0 unspecified atom stereocenters. The van der Waals surface area contributed by atoms with E-state index >= 15 is 4.39 Å². The zero-order valence-electron chi connectivity index (χ0n) is 24.4. The summed E-state index contributed by atoms with van der Waals surface area (Å²) in [7, 11) is 0. The van der Waals surface area contributed by atoms with Crippen molar-refractivity contribution >= 4 is 50.3 Å². The first-order valence-electron chi connectivity index (χ1n) is 14.8. The number of benzene rings is 2. The summed E-state index contributed by atoms with van der Waals surface area (Å²) in [5.41, 5.74) is 10.5. The lowest BCUT2D eigenvalue weighted by Crippen LogP contribution is -2.19. The molecule has 2 aliphatic rings. The van der Waals surface area contributed by atoms with E-state index in [0.717, 1.165) is 85.7 Å². The van der Waals surface area contributed by atoms with Crippen molar-refractivity contribution in [1.29, 1.82) is 0 Å². The van der Waals surface area contributed by atoms with E-state index in [0.29, 0.717) is 12.2 Å². The van der Waals surface area contributed by atoms with Crippen LogP contribution in [0.4, 0.5) is 27.1 Å². The van der Waals surface area contributed by atoms with Crippen molar-refractivity contribution in [2.45, 2.75) is 45.3 Å². The molecule has 6 aromatic rings. The number of hydrogen-bond donors (Lipinski definition) is 3. The molecule has 2 atom stereocenters. The van der Waals surface area contributed by atoms with Crippen LogP contribution < -0.4 is 10.6 Å². The Morgan fingerprint density at radius 1 is 0.818 bits per heavy atom. The van der Waals surface area contributed by atoms with E-state index in [9.17, 15) is 0 Å². The second kappa shape index (κ2) is 10.5. The number of halogens is 1. The predicted molar refractivity (Wildman–Crippen MR) is 172 cm³/mol. The van der Waals surface area contributed by atoms with Gasteiger partial charge in [-0.25, -0.2) is 9.37 Å². The molecule has 1 fully saturated rings. The Bertz CT molecular complexity index is 2090. The molecule has 4 aromatic heterocycles. The lowest BCUT2D eigenvalue weighted by Gasteiger charge is -2.23. The molecule has 3 N–H and O–H groups in total. The average molecular weight is 584 g/mol. The van der Waals surface area contributed by atoms with Gasteiger partial charge in [0, 0.05) is 46.5 Å². The zero-order valence-corrected chi connectivity index (χ0v) is 24.4. The van der Waals surface area contributed by atoms with Crippen molar-refractivity contribution in [3.63, 3.8) is 0 Å². The van der Waals surface area contributed by atoms with Gasteiger partial charge >= 0.3 is 0 Å². The third-order valence-corrected chi connectivity index (χ3v) is 8.35. The first-order chi connectivity index (χ1) is 21.4. The van der Waals surface area contributed by atoms with E-state index in [1.54, 1.807) is 12.4 Å². The molecule has 8 rings (SSSR count). The SMILES string of the molecule is Cc1cc(Nc2ccc3nc(-c4ccc(Nc5cc(C)nc6ccc(C7=C(F)[C@@H]8CC[C@H](C7)O8)cc56)cn4)[nH]c3c2)ccn1. The highest BCUT2D eigenvalue weighted by molar-refractivity contribution is 5.95. The molecule has 0 aliphatic carbocycles. The Hall–Kier alpha value is -5.15. The molecule has 0 spiro atoms. The number of nitrogens with one attached hydrogen (secondary N) is 3. The molecule has 0 amide bonds. The predicted octanol–water partition coefficient (Wildman–Crippen LogP) is 8.30. The zero-order chi connectivity index (χ0) is 29.8. The third-order valence-electron chi connectivity index (χ3n) is 8.35. The number of ether oxygens (including phenoxy) is 1. The number of H-pyrrole nitrogens is 1. The Kier molecular flexibility index (Phi) is 6.34. The summed E-state index contributed by atoms with van der Waals surface area (Å²) in [5, 5.41) is 7.87. The maximum Gasteiger partial charge on any atom is 0.157 e. The third kappa shape index (κ3) is 4.95. The molecule has 44 heavy (non-hydrogen) atoms. The van der Waals surface area contributed by atoms with E-state index < -0.39 is 6.10 Å². The fourth-order valence-corrected chi connectivity index (χ4v) is 6.23. The van der Waals surface area contributed by atoms with Crippen LogP contribution in [0.5, 0.6) is 0 Å². The number of imidazole rings is 1. The van der Waals surface area contributed by atoms with Crippen molar-refractivity contribution in [3.8, 4) is 11.5 Å². The molecule has 0 radical (unpaired) electrons. The van der Waals surface area contributed by atoms with Gasteiger partial charge in [-0.3, -0.25) is 15.0 Å². The van der Waals surface area contributed by atoms with Gasteiger partial charge in [-0.05, 0) is 98.5 Å². The fraction of sp³-hybridized carbons (Fsp3) is 0.200. The van der Waals surface area contributed by atoms with Crippen LogP contribution in [-0.2, 0) is 4.74 Å². The lowest BCUT2D eigenvalue weighted by atomic mass is 9.96. The first-order valence-corrected chi connectivity index (χ1v) is 14.8. The summed E-state index contributed by atoms with van der Waals surface area (Å²) in [6.45, 7) is 3.94. The first kappa shape index (κ1) is 26.5. The molecule has 2 aromatic carbocycles. The summed E-state index contributed by atoms with van der Waals surface area (Å²) in [6, 6.07) is 21.9. The molecule has 2 bridgehead atoms. The molecular weight excluding hydrogens is 553 g/mol. The minimum Gasteiger partial charge on any atom is -0.368 e. The van der Waals surface area contributed by atoms with Gasteiger partial charge in [0.2, 0.25) is 0 Å². The van der Waals surface area contributed by atoms with Crippen molar-refractivity contribution in [2.75, 3.05) is 10.6 Å². The topological polar surface area (TPSA) is 101 Å². The molecule has 218 valence electrons. The lowest BCUT2D eigenvalue weighted by molar-refractivity contribution is 0.0463. The number of hydrogen-bond acceptors (Lipinski definition) is 7. The summed E-state index contributed by atoms with van der Waals surface area (Å²) < 4.78 is 21.0. The van der Waals surface area contributed by atoms with Crippen LogP contribution in [-0.4, -0.2) is 37.1 Å². The Morgan fingerprint density at radius 2 is 1.68 bits per heavy atom. The Balaban J connectivity index is 1.05. The molecule has 6 heterocycles. The number of aromatic amines is 1. The monoisotopic (exact) mass is 583 g/mol. The maximum atomic E-state index is 15.2. The van der Waals surface area contributed by atoms with Crippen molar-refractivity contribution in [2.24, 2.45) is 0 Å². The van der Waals surface area contributed by atoms with Crippen LogP contribution in [0.2, 0.25) is 0 Å². The van der Waals surface area contributed by atoms with E-state index in [1.165, 1.54) is 0 Å². The van der Waals surface area contributed by atoms with Crippen LogP contribution in [0.25, 0.3) is 39.0 Å². The quantitative estimate of drug-likeness (QED) is 0.181. The number of pyridine rings is 3. The normalized spacial score (nSPS) is 17.9. The van der Waals surface area contributed by atoms with Gasteiger partial charge in [-0.15, -0.1) is 0 Å². The number of anilines is 4. The second-order valence-corrected chi connectivity index (χ2v) is 11.6. The van der Waals surface area contributed by atoms with E-state index in [1.807, 2.05) is 80.6 Å². The standard InChI is InChI=1S/C35H30FN7O/c1-19-13-23(11-12-37-19)40-22-4-8-29-32(16-22)43-35(42-29)30-9-5-24(18-38-30)41-31-14-20(2)39-28-7-3-21(15-27(28)31)26-17-25-6-10-33(44-25)34(26)36/h3-5,7-9,11-16,18,25,33H,6,10,17H2,1-2H3,(H,37,40)(H,39,41)(H,42,43)/t25-,33+/m1/s1. The van der Waals surface area contributed by atoms with Crippen LogP contribution in [0, 0.1) is 13.8 Å². The Labute approximate surface area is 253 Å². The highest BCUT2D eigenvalue weighted by Gasteiger charge is 2.36. The molecular formula is C35H30FN7O. The van der Waals surface area contributed by atoms with Crippen LogP contribution >= 0.6 is 0 Å². The van der Waals surface area contributed by atoms with Crippen molar-refractivity contribution < 1.29 is 9.13 Å². The fourth-order valence-electron chi connectivity index (χ4n) is 6.23. The Morgan fingerprint density at radius 3 is 2.55 bits per heavy atom. The molecule has 8 nitrogen and oxygen atoms in total. The summed E-state index contributed by atoms with van der Waals surface area (Å²) in [6.07, 6.45) is 5.55. The number of nitrogens with zero attached hydrogens (tertiary/aromatic N) is 4. The number of rotatable bonds is 6. The van der Waals surface area contributed by atoms with Crippen molar-refractivity contribution in [3.05, 3.63) is 102 Å². The van der Waals surface area contributed by atoms with Crippen molar-refractivity contribution in [1.82, 2.24) is 24.9 Å². The largest absolute Gasteiger partial charge is 0.368 e. The van der Waals surface area contributed by atoms with Gasteiger partial charge < -0.3 is 20.4 Å². The van der Waals surface area contributed by atoms with Crippen LogP contribution in [0.3, 0.4) is 0 Å². The number of aryl methyl sites for hydroxylation is 2. The smallest absolute Gasteiger partial charge is 0.157 e. The number of aromatic nitrogens is 5. The van der Waals surface area contributed by atoms with E-state index in [2.05, 4.69) is 20.6 Å². The van der Waals surface area contributed by atoms with Gasteiger partial charge in [-0.1, -0.05) is 6.07 Å². The van der Waals surface area contributed by atoms with Crippen LogP contribution in [0.15, 0.2) is 85.0 Å². The maximum absolute atomic E-state index is 15.2. The van der Waals surface area contributed by atoms with Gasteiger partial charge in [0.1, 0.15) is 17.6 Å². The minimum atomic E-state index is -0.403. The van der Waals surface area contributed by atoms with Gasteiger partial charge in [0.25, 0.3) is 0 Å². The highest BCUT2D eigenvalue weighted by atomic mass is 19.1. The molecule has 2 aliphatic heterocycles. The van der Waals surface area contributed by atoms with Gasteiger partial charge in [0.15, 0.2) is 5.82 Å². The summed E-state index contributed by atoms with van der Waals surface area (Å²) in [5.74, 6) is 0.563. The second-order valence-electron chi connectivity index (χ2n) is 11.6. The van der Waals surface area contributed by atoms with E-state index in [4.69, 9.17) is 19.7 Å². The highest BCUT2D eigenvalue weighted by Crippen LogP contribution is 2.42. The van der Waals surface area contributed by atoms with Crippen LogP contribution in [0.1, 0.15) is 36.2 Å².